The maximum atomic E-state index is 12.1. The van der Waals surface area contributed by atoms with Gasteiger partial charge in [-0.15, -0.1) is 0 Å². The molecular formula is C8H7F2NO2. The number of carbonyl (C=O) groups is 1. The predicted molar refractivity (Wildman–Crippen MR) is 40.5 cm³/mol. The van der Waals surface area contributed by atoms with Crippen LogP contribution in [0, 0.1) is 0 Å². The van der Waals surface area contributed by atoms with Crippen LogP contribution in [0.25, 0.3) is 0 Å². The summed E-state index contributed by atoms with van der Waals surface area (Å²) < 4.78 is 28.6. The SMILES string of the molecule is COC(=O)c1cncc(C(F)F)c1. The molecule has 5 heteroatoms. The number of rotatable bonds is 2. The second-order valence-electron chi connectivity index (χ2n) is 2.30. The van der Waals surface area contributed by atoms with E-state index in [2.05, 4.69) is 9.72 Å². The first kappa shape index (κ1) is 9.57. The lowest BCUT2D eigenvalue weighted by molar-refractivity contribution is 0.0599. The highest BCUT2D eigenvalue weighted by molar-refractivity contribution is 5.89. The third-order valence-corrected chi connectivity index (χ3v) is 1.43. The summed E-state index contributed by atoms with van der Waals surface area (Å²) in [5.74, 6) is -0.671. The highest BCUT2D eigenvalue weighted by Gasteiger charge is 2.11. The Balaban J connectivity index is 2.98. The van der Waals surface area contributed by atoms with E-state index in [1.165, 1.54) is 13.3 Å². The number of alkyl halides is 2. The van der Waals surface area contributed by atoms with Gasteiger partial charge >= 0.3 is 5.97 Å². The van der Waals surface area contributed by atoms with Gasteiger partial charge in [-0.3, -0.25) is 4.98 Å². The molecule has 0 saturated heterocycles. The van der Waals surface area contributed by atoms with Gasteiger partial charge in [0, 0.05) is 18.0 Å². The average molecular weight is 187 g/mol. The molecule has 1 rings (SSSR count). The van der Waals surface area contributed by atoms with Gasteiger partial charge in [-0.1, -0.05) is 0 Å². The van der Waals surface area contributed by atoms with E-state index in [0.717, 1.165) is 12.3 Å². The van der Waals surface area contributed by atoms with E-state index < -0.39 is 12.4 Å². The van der Waals surface area contributed by atoms with Gasteiger partial charge in [0.2, 0.25) is 0 Å². The van der Waals surface area contributed by atoms with Gasteiger partial charge in [0.25, 0.3) is 6.43 Å². The fourth-order valence-electron chi connectivity index (χ4n) is 0.807. The molecule has 0 atom stereocenters. The predicted octanol–water partition coefficient (Wildman–Crippen LogP) is 1.81. The van der Waals surface area contributed by atoms with E-state index in [4.69, 9.17) is 0 Å². The number of ether oxygens (including phenoxy) is 1. The van der Waals surface area contributed by atoms with Crippen LogP contribution in [0.2, 0.25) is 0 Å². The Morgan fingerprint density at radius 1 is 1.54 bits per heavy atom. The van der Waals surface area contributed by atoms with Crippen LogP contribution in [0.4, 0.5) is 8.78 Å². The molecule has 3 nitrogen and oxygen atoms in total. The van der Waals surface area contributed by atoms with Crippen molar-refractivity contribution >= 4 is 5.97 Å². The van der Waals surface area contributed by atoms with Gasteiger partial charge in [-0.2, -0.15) is 0 Å². The molecule has 0 aliphatic rings. The highest BCUT2D eigenvalue weighted by atomic mass is 19.3. The molecule has 1 heterocycles. The number of aromatic nitrogens is 1. The Kier molecular flexibility index (Phi) is 2.89. The summed E-state index contributed by atoms with van der Waals surface area (Å²) in [7, 11) is 1.18. The first-order chi connectivity index (χ1) is 6.15. The molecule has 13 heavy (non-hydrogen) atoms. The zero-order chi connectivity index (χ0) is 9.84. The first-order valence-corrected chi connectivity index (χ1v) is 3.46. The van der Waals surface area contributed by atoms with Crippen LogP contribution in [0.1, 0.15) is 22.3 Å². The monoisotopic (exact) mass is 187 g/mol. The molecule has 1 aromatic heterocycles. The second-order valence-corrected chi connectivity index (χ2v) is 2.30. The van der Waals surface area contributed by atoms with Gasteiger partial charge in [0.05, 0.1) is 12.7 Å². The zero-order valence-electron chi connectivity index (χ0n) is 6.83. The van der Waals surface area contributed by atoms with Gasteiger partial charge in [0.15, 0.2) is 0 Å². The van der Waals surface area contributed by atoms with Gasteiger partial charge in [-0.25, -0.2) is 13.6 Å². The van der Waals surface area contributed by atoms with Crippen molar-refractivity contribution in [3.05, 3.63) is 29.6 Å². The summed E-state index contributed by atoms with van der Waals surface area (Å²) >= 11 is 0. The van der Waals surface area contributed by atoms with Crippen molar-refractivity contribution in [1.29, 1.82) is 0 Å². The van der Waals surface area contributed by atoms with Crippen LogP contribution < -0.4 is 0 Å². The molecule has 0 aliphatic heterocycles. The summed E-state index contributed by atoms with van der Waals surface area (Å²) in [6, 6.07) is 1.06. The number of hydrogen-bond donors (Lipinski definition) is 0. The van der Waals surface area contributed by atoms with Crippen LogP contribution >= 0.6 is 0 Å². The van der Waals surface area contributed by atoms with E-state index in [9.17, 15) is 13.6 Å². The number of methoxy groups -OCH3 is 1. The number of nitrogens with zero attached hydrogens (tertiary/aromatic N) is 1. The summed E-state index contributed by atoms with van der Waals surface area (Å²) in [5.41, 5.74) is -0.261. The van der Waals surface area contributed by atoms with Crippen molar-refractivity contribution in [2.45, 2.75) is 6.43 Å². The lowest BCUT2D eigenvalue weighted by Gasteiger charge is -2.01. The van der Waals surface area contributed by atoms with Crippen LogP contribution in [0.15, 0.2) is 18.5 Å². The van der Waals surface area contributed by atoms with Gasteiger partial charge < -0.3 is 4.74 Å². The molecule has 0 N–H and O–H groups in total. The minimum atomic E-state index is -2.63. The molecule has 0 unspecified atom stereocenters. The first-order valence-electron chi connectivity index (χ1n) is 3.46. The van der Waals surface area contributed by atoms with Crippen LogP contribution in [-0.2, 0) is 4.74 Å². The van der Waals surface area contributed by atoms with Gasteiger partial charge in [0.1, 0.15) is 0 Å². The highest BCUT2D eigenvalue weighted by Crippen LogP contribution is 2.18. The minimum absolute atomic E-state index is 0.0281. The summed E-state index contributed by atoms with van der Waals surface area (Å²) in [6.45, 7) is 0. The third-order valence-electron chi connectivity index (χ3n) is 1.43. The van der Waals surface area contributed by atoms with Crippen molar-refractivity contribution in [3.63, 3.8) is 0 Å². The van der Waals surface area contributed by atoms with E-state index in [-0.39, 0.29) is 11.1 Å². The fourth-order valence-corrected chi connectivity index (χ4v) is 0.807. The van der Waals surface area contributed by atoms with E-state index >= 15 is 0 Å². The molecule has 0 saturated carbocycles. The molecule has 0 aromatic carbocycles. The molecular weight excluding hydrogens is 180 g/mol. The van der Waals surface area contributed by atoms with Crippen molar-refractivity contribution in [2.75, 3.05) is 7.11 Å². The summed E-state index contributed by atoms with van der Waals surface area (Å²) in [5, 5.41) is 0. The smallest absolute Gasteiger partial charge is 0.339 e. The van der Waals surface area contributed by atoms with E-state index in [1.54, 1.807) is 0 Å². The Morgan fingerprint density at radius 2 is 2.23 bits per heavy atom. The van der Waals surface area contributed by atoms with Crippen LogP contribution in [-0.4, -0.2) is 18.1 Å². The molecule has 0 fully saturated rings. The maximum absolute atomic E-state index is 12.1. The third kappa shape index (κ3) is 2.21. The Hall–Kier alpha value is -1.52. The standard InChI is InChI=1S/C8H7F2NO2/c1-13-8(12)6-2-5(7(9)10)3-11-4-6/h2-4,7H,1H3. The second kappa shape index (κ2) is 3.93. The topological polar surface area (TPSA) is 39.2 Å². The molecule has 0 spiro atoms. The quantitative estimate of drug-likeness (QED) is 0.663. The number of halogens is 2. The molecule has 0 aliphatic carbocycles. The Morgan fingerprint density at radius 3 is 2.77 bits per heavy atom. The number of hydrogen-bond acceptors (Lipinski definition) is 3. The Labute approximate surface area is 73.4 Å². The maximum Gasteiger partial charge on any atom is 0.339 e. The molecule has 0 radical (unpaired) electrons. The van der Waals surface area contributed by atoms with E-state index in [1.807, 2.05) is 0 Å². The van der Waals surface area contributed by atoms with E-state index in [0.29, 0.717) is 0 Å². The van der Waals surface area contributed by atoms with Crippen molar-refractivity contribution in [3.8, 4) is 0 Å². The normalized spacial score (nSPS) is 10.2. The molecule has 1 aromatic rings. The van der Waals surface area contributed by atoms with Crippen molar-refractivity contribution in [1.82, 2.24) is 4.98 Å². The molecule has 0 bridgehead atoms. The molecule has 70 valence electrons. The number of carbonyl (C=O) groups excluding carboxylic acids is 1. The molecule has 0 amide bonds. The van der Waals surface area contributed by atoms with Crippen molar-refractivity contribution in [2.24, 2.45) is 0 Å². The summed E-state index contributed by atoms with van der Waals surface area (Å²) in [6.07, 6.45) is -0.438. The van der Waals surface area contributed by atoms with Crippen molar-refractivity contribution < 1.29 is 18.3 Å². The number of pyridine rings is 1. The van der Waals surface area contributed by atoms with Crippen LogP contribution in [0.3, 0.4) is 0 Å². The average Bonchev–Trinajstić information content (AvgIpc) is 2.17. The van der Waals surface area contributed by atoms with Crippen LogP contribution in [0.5, 0.6) is 0 Å². The Bertz CT molecular complexity index is 315. The fraction of sp³-hybridized carbons (Fsp3) is 0.250. The summed E-state index contributed by atoms with van der Waals surface area (Å²) in [4.78, 5) is 14.4. The van der Waals surface area contributed by atoms with Gasteiger partial charge in [-0.05, 0) is 6.07 Å². The zero-order valence-corrected chi connectivity index (χ0v) is 6.83. The lowest BCUT2D eigenvalue weighted by atomic mass is 10.2. The minimum Gasteiger partial charge on any atom is -0.465 e. The lowest BCUT2D eigenvalue weighted by Crippen LogP contribution is -2.02. The number of esters is 1. The largest absolute Gasteiger partial charge is 0.465 e.